The third-order valence-electron chi connectivity index (χ3n) is 4.14. The van der Waals surface area contributed by atoms with Crippen molar-refractivity contribution in [2.24, 2.45) is 4.99 Å². The van der Waals surface area contributed by atoms with E-state index in [1.54, 1.807) is 36.4 Å². The molecule has 1 aromatic heterocycles. The zero-order valence-corrected chi connectivity index (χ0v) is 16.0. The van der Waals surface area contributed by atoms with E-state index in [0.717, 1.165) is 4.57 Å². The van der Waals surface area contributed by atoms with Gasteiger partial charge in [0.1, 0.15) is 22.8 Å². The lowest BCUT2D eigenvalue weighted by atomic mass is 10.2. The average molecular weight is 397 g/mol. The summed E-state index contributed by atoms with van der Waals surface area (Å²) in [5.41, 5.74) is -1.12. The van der Waals surface area contributed by atoms with Gasteiger partial charge in [-0.15, -0.1) is 0 Å². The molecule has 2 N–H and O–H groups in total. The molecule has 150 valence electrons. The molecule has 0 aliphatic heterocycles. The molecule has 0 aliphatic rings. The van der Waals surface area contributed by atoms with Crippen LogP contribution in [0.25, 0.3) is 5.69 Å². The number of nitrogens with zero attached hydrogens (tertiary/aromatic N) is 2. The summed E-state index contributed by atoms with van der Waals surface area (Å²) in [6.45, 7) is 0. The number of hydrogen-bond donors (Lipinski definition) is 2. The molecule has 1 heterocycles. The van der Waals surface area contributed by atoms with Gasteiger partial charge in [0.2, 0.25) is 5.88 Å². The fraction of sp³-hybridized carbons (Fsp3) is 0.150. The molecule has 0 radical (unpaired) electrons. The van der Waals surface area contributed by atoms with Crippen molar-refractivity contribution in [3.8, 4) is 28.8 Å². The molecule has 0 unspecified atom stereocenters. The first-order valence-electron chi connectivity index (χ1n) is 8.47. The smallest absolute Gasteiger partial charge is 0.335 e. The summed E-state index contributed by atoms with van der Waals surface area (Å²) >= 11 is 0. The lowest BCUT2D eigenvalue weighted by Crippen LogP contribution is -2.31. The number of H-pyrrole nitrogens is 1. The molecule has 3 aromatic rings. The number of rotatable bonds is 6. The summed E-state index contributed by atoms with van der Waals surface area (Å²) < 4.78 is 16.5. The third kappa shape index (κ3) is 3.98. The van der Waals surface area contributed by atoms with Crippen LogP contribution < -0.4 is 25.5 Å². The van der Waals surface area contributed by atoms with Crippen LogP contribution in [0.3, 0.4) is 0 Å². The molecule has 0 spiro atoms. The lowest BCUT2D eigenvalue weighted by Gasteiger charge is -2.14. The van der Waals surface area contributed by atoms with E-state index < -0.39 is 17.1 Å². The summed E-state index contributed by atoms with van der Waals surface area (Å²) in [6.07, 6.45) is 1.17. The van der Waals surface area contributed by atoms with E-state index in [0.29, 0.717) is 22.9 Å². The minimum atomic E-state index is -0.836. The Bertz CT molecular complexity index is 1180. The highest BCUT2D eigenvalue weighted by Gasteiger charge is 2.18. The second-order valence-corrected chi connectivity index (χ2v) is 5.83. The van der Waals surface area contributed by atoms with Gasteiger partial charge in [-0.2, -0.15) is 0 Å². The van der Waals surface area contributed by atoms with Crippen LogP contribution in [-0.4, -0.2) is 42.2 Å². The quantitative estimate of drug-likeness (QED) is 0.615. The Morgan fingerprint density at radius 1 is 1.00 bits per heavy atom. The van der Waals surface area contributed by atoms with Crippen LogP contribution in [0, 0.1) is 0 Å². The highest BCUT2D eigenvalue weighted by Crippen LogP contribution is 2.29. The first-order chi connectivity index (χ1) is 14.0. The first kappa shape index (κ1) is 19.7. The standard InChI is InChI=1S/C20H19N3O6/c1-27-13-6-4-5-12(9-13)21-11-15-18(24)22-20(26)23(19(15)25)16-10-14(28-2)7-8-17(16)29-3/h4-11,25H,1-3H3,(H,22,24,26). The van der Waals surface area contributed by atoms with E-state index in [1.807, 2.05) is 0 Å². The molecule has 0 amide bonds. The number of benzene rings is 2. The van der Waals surface area contributed by atoms with E-state index in [2.05, 4.69) is 9.98 Å². The van der Waals surface area contributed by atoms with Gasteiger partial charge in [0.25, 0.3) is 5.56 Å². The monoisotopic (exact) mass is 397 g/mol. The minimum absolute atomic E-state index is 0.196. The molecule has 0 aliphatic carbocycles. The molecule has 2 aromatic carbocycles. The van der Waals surface area contributed by atoms with Gasteiger partial charge in [0.15, 0.2) is 0 Å². The van der Waals surface area contributed by atoms with Crippen molar-refractivity contribution in [3.63, 3.8) is 0 Å². The number of ether oxygens (including phenoxy) is 3. The highest BCUT2D eigenvalue weighted by atomic mass is 16.5. The minimum Gasteiger partial charge on any atom is -0.497 e. The van der Waals surface area contributed by atoms with Crippen LogP contribution >= 0.6 is 0 Å². The Labute approximate surface area is 165 Å². The Balaban J connectivity index is 2.16. The van der Waals surface area contributed by atoms with Gasteiger partial charge in [-0.25, -0.2) is 9.36 Å². The van der Waals surface area contributed by atoms with Crippen molar-refractivity contribution in [2.75, 3.05) is 21.3 Å². The maximum Gasteiger partial charge on any atom is 0.335 e. The van der Waals surface area contributed by atoms with Crippen molar-refractivity contribution in [2.45, 2.75) is 0 Å². The van der Waals surface area contributed by atoms with Crippen LogP contribution in [0.4, 0.5) is 5.69 Å². The van der Waals surface area contributed by atoms with Crippen LogP contribution in [0.15, 0.2) is 57.0 Å². The van der Waals surface area contributed by atoms with Gasteiger partial charge in [0.05, 0.1) is 32.7 Å². The number of aromatic amines is 1. The summed E-state index contributed by atoms with van der Waals surface area (Å²) in [5.74, 6) is 0.733. The number of hydrogen-bond acceptors (Lipinski definition) is 7. The Kier molecular flexibility index (Phi) is 5.68. The molecule has 0 saturated heterocycles. The molecule has 0 saturated carbocycles. The second kappa shape index (κ2) is 8.34. The Morgan fingerprint density at radius 3 is 2.41 bits per heavy atom. The molecule has 9 heteroatoms. The van der Waals surface area contributed by atoms with Crippen molar-refractivity contribution >= 4 is 11.9 Å². The number of methoxy groups -OCH3 is 3. The second-order valence-electron chi connectivity index (χ2n) is 5.83. The largest absolute Gasteiger partial charge is 0.497 e. The van der Waals surface area contributed by atoms with Gasteiger partial charge in [-0.05, 0) is 24.3 Å². The summed E-state index contributed by atoms with van der Waals surface area (Å²) in [6, 6.07) is 11.6. The van der Waals surface area contributed by atoms with Gasteiger partial charge >= 0.3 is 5.69 Å². The molecule has 0 atom stereocenters. The zero-order valence-electron chi connectivity index (χ0n) is 16.0. The average Bonchev–Trinajstić information content (AvgIpc) is 2.73. The number of nitrogens with one attached hydrogen (secondary N) is 1. The number of aromatic hydroxyl groups is 1. The Morgan fingerprint density at radius 2 is 1.72 bits per heavy atom. The third-order valence-corrected chi connectivity index (χ3v) is 4.14. The molecular formula is C20H19N3O6. The van der Waals surface area contributed by atoms with Crippen molar-refractivity contribution in [1.29, 1.82) is 0 Å². The molecule has 29 heavy (non-hydrogen) atoms. The fourth-order valence-electron chi connectivity index (χ4n) is 2.68. The van der Waals surface area contributed by atoms with E-state index in [1.165, 1.54) is 33.6 Å². The zero-order chi connectivity index (χ0) is 21.0. The molecule has 9 nitrogen and oxygen atoms in total. The van der Waals surface area contributed by atoms with Crippen LogP contribution in [0.2, 0.25) is 0 Å². The topological polar surface area (TPSA) is 115 Å². The van der Waals surface area contributed by atoms with E-state index in [-0.39, 0.29) is 11.3 Å². The molecule has 0 bridgehead atoms. The van der Waals surface area contributed by atoms with Crippen LogP contribution in [-0.2, 0) is 0 Å². The number of aliphatic imine (C=N–C) groups is 1. The Hall–Kier alpha value is -4.01. The maximum absolute atomic E-state index is 12.4. The van der Waals surface area contributed by atoms with Gasteiger partial charge < -0.3 is 19.3 Å². The first-order valence-corrected chi connectivity index (χ1v) is 8.47. The molecular weight excluding hydrogens is 378 g/mol. The van der Waals surface area contributed by atoms with E-state index in [9.17, 15) is 14.7 Å². The SMILES string of the molecule is COc1cccc(N=Cc2c(O)n(-c3cc(OC)ccc3OC)c(=O)[nH]c2=O)c1. The lowest BCUT2D eigenvalue weighted by molar-refractivity contribution is 0.393. The van der Waals surface area contributed by atoms with Crippen LogP contribution in [0.5, 0.6) is 23.1 Å². The van der Waals surface area contributed by atoms with Gasteiger partial charge in [0, 0.05) is 18.3 Å². The maximum atomic E-state index is 12.4. The predicted octanol–water partition coefficient (Wildman–Crippen LogP) is 2.01. The van der Waals surface area contributed by atoms with Crippen LogP contribution in [0.1, 0.15) is 5.56 Å². The van der Waals surface area contributed by atoms with E-state index in [4.69, 9.17) is 14.2 Å². The summed E-state index contributed by atoms with van der Waals surface area (Å²) in [7, 11) is 4.41. The number of aromatic nitrogens is 2. The van der Waals surface area contributed by atoms with Gasteiger partial charge in [-0.1, -0.05) is 6.07 Å². The van der Waals surface area contributed by atoms with Gasteiger partial charge in [-0.3, -0.25) is 14.8 Å². The van der Waals surface area contributed by atoms with E-state index >= 15 is 0 Å². The molecule has 0 fully saturated rings. The highest BCUT2D eigenvalue weighted by molar-refractivity contribution is 5.84. The summed E-state index contributed by atoms with van der Waals surface area (Å²) in [5, 5.41) is 10.7. The normalized spacial score (nSPS) is 10.9. The van der Waals surface area contributed by atoms with Crippen molar-refractivity contribution in [3.05, 3.63) is 68.9 Å². The van der Waals surface area contributed by atoms with Crippen molar-refractivity contribution in [1.82, 2.24) is 9.55 Å². The summed E-state index contributed by atoms with van der Waals surface area (Å²) in [4.78, 5) is 31.1. The van der Waals surface area contributed by atoms with Crippen molar-refractivity contribution < 1.29 is 19.3 Å². The fourth-order valence-corrected chi connectivity index (χ4v) is 2.68. The predicted molar refractivity (Wildman–Crippen MR) is 108 cm³/mol. The molecule has 3 rings (SSSR count).